The summed E-state index contributed by atoms with van der Waals surface area (Å²) in [4.78, 5) is 25.7. The van der Waals surface area contributed by atoms with Gasteiger partial charge in [0.2, 0.25) is 0 Å². The summed E-state index contributed by atoms with van der Waals surface area (Å²) in [7, 11) is 0. The molecule has 136 valence electrons. The topological polar surface area (TPSA) is 75.5 Å². The quantitative estimate of drug-likeness (QED) is 0.544. The molecule has 1 amide bonds. The summed E-state index contributed by atoms with van der Waals surface area (Å²) in [6.45, 7) is 1.62. The van der Waals surface area contributed by atoms with E-state index in [0.717, 1.165) is 36.7 Å². The Labute approximate surface area is 156 Å². The number of carbonyl (C=O) groups excluding carboxylic acids is 1. The average molecular weight is 361 g/mol. The summed E-state index contributed by atoms with van der Waals surface area (Å²) < 4.78 is 0. The molecular weight excluding hydrogens is 342 g/mol. The van der Waals surface area contributed by atoms with E-state index in [1.807, 2.05) is 47.4 Å². The third-order valence-electron chi connectivity index (χ3n) is 4.89. The van der Waals surface area contributed by atoms with Crippen LogP contribution in [0.4, 0.5) is 17.1 Å². The van der Waals surface area contributed by atoms with Crippen LogP contribution in [0.1, 0.15) is 23.2 Å². The normalized spacial score (nSPS) is 13.7. The molecular formula is C21H19N3O3. The van der Waals surface area contributed by atoms with Crippen molar-refractivity contribution >= 4 is 33.7 Å². The second kappa shape index (κ2) is 7.07. The summed E-state index contributed by atoms with van der Waals surface area (Å²) in [5, 5.41) is 16.4. The van der Waals surface area contributed by atoms with Gasteiger partial charge in [0.15, 0.2) is 0 Å². The van der Waals surface area contributed by atoms with Gasteiger partial charge in [0.25, 0.3) is 11.6 Å². The second-order valence-electron chi connectivity index (χ2n) is 6.67. The molecule has 3 aromatic carbocycles. The molecule has 0 radical (unpaired) electrons. The van der Waals surface area contributed by atoms with Gasteiger partial charge >= 0.3 is 0 Å². The molecule has 0 aliphatic carbocycles. The lowest BCUT2D eigenvalue weighted by atomic mass is 10.1. The maximum absolute atomic E-state index is 12.6. The van der Waals surface area contributed by atoms with Crippen LogP contribution < -0.4 is 10.2 Å². The standard InChI is InChI=1S/C21H19N3O3/c25-21(22-18-9-7-15-5-1-2-6-16(15)13-18)17-8-10-19(20(14-17)24(26)27)23-11-3-4-12-23/h1-2,5-10,13-14H,3-4,11-12H2,(H,22,25). The van der Waals surface area contributed by atoms with Gasteiger partial charge in [-0.2, -0.15) is 0 Å². The summed E-state index contributed by atoms with van der Waals surface area (Å²) in [6.07, 6.45) is 2.06. The number of hydrogen-bond donors (Lipinski definition) is 1. The van der Waals surface area contributed by atoms with Gasteiger partial charge in [0.1, 0.15) is 5.69 Å². The van der Waals surface area contributed by atoms with Crippen molar-refractivity contribution in [1.29, 1.82) is 0 Å². The first-order valence-corrected chi connectivity index (χ1v) is 8.95. The van der Waals surface area contributed by atoms with Gasteiger partial charge in [-0.25, -0.2) is 0 Å². The number of nitrogens with zero attached hydrogens (tertiary/aromatic N) is 2. The fourth-order valence-corrected chi connectivity index (χ4v) is 3.51. The monoisotopic (exact) mass is 361 g/mol. The fraction of sp³-hybridized carbons (Fsp3) is 0.190. The van der Waals surface area contributed by atoms with E-state index in [2.05, 4.69) is 5.32 Å². The highest BCUT2D eigenvalue weighted by Gasteiger charge is 2.23. The van der Waals surface area contributed by atoms with E-state index in [-0.39, 0.29) is 17.2 Å². The summed E-state index contributed by atoms with van der Waals surface area (Å²) in [6, 6.07) is 18.2. The number of fused-ring (bicyclic) bond motifs is 1. The van der Waals surface area contributed by atoms with Crippen LogP contribution in [0, 0.1) is 10.1 Å². The molecule has 1 fully saturated rings. The number of anilines is 2. The van der Waals surface area contributed by atoms with Crippen LogP contribution in [0.5, 0.6) is 0 Å². The Morgan fingerprint density at radius 3 is 2.44 bits per heavy atom. The Kier molecular flexibility index (Phi) is 4.46. The zero-order valence-electron chi connectivity index (χ0n) is 14.7. The van der Waals surface area contributed by atoms with Crippen molar-refractivity contribution in [1.82, 2.24) is 0 Å². The van der Waals surface area contributed by atoms with Gasteiger partial charge < -0.3 is 10.2 Å². The Morgan fingerprint density at radius 1 is 0.963 bits per heavy atom. The molecule has 0 atom stereocenters. The molecule has 1 N–H and O–H groups in total. The zero-order chi connectivity index (χ0) is 18.8. The van der Waals surface area contributed by atoms with Crippen molar-refractivity contribution in [3.05, 3.63) is 76.3 Å². The Bertz CT molecular complexity index is 1030. The highest BCUT2D eigenvalue weighted by molar-refractivity contribution is 6.06. The number of rotatable bonds is 4. The van der Waals surface area contributed by atoms with Crippen molar-refractivity contribution < 1.29 is 9.72 Å². The van der Waals surface area contributed by atoms with E-state index >= 15 is 0 Å². The smallest absolute Gasteiger partial charge is 0.293 e. The molecule has 0 aromatic heterocycles. The molecule has 6 nitrogen and oxygen atoms in total. The summed E-state index contributed by atoms with van der Waals surface area (Å²) in [5.74, 6) is -0.360. The van der Waals surface area contributed by atoms with E-state index < -0.39 is 4.92 Å². The van der Waals surface area contributed by atoms with E-state index in [4.69, 9.17) is 0 Å². The molecule has 3 aromatic rings. The predicted octanol–water partition coefficient (Wildman–Crippen LogP) is 4.60. The predicted molar refractivity (Wildman–Crippen MR) is 106 cm³/mol. The lowest BCUT2D eigenvalue weighted by Crippen LogP contribution is -2.19. The van der Waals surface area contributed by atoms with Crippen LogP contribution in [-0.2, 0) is 0 Å². The number of benzene rings is 3. The zero-order valence-corrected chi connectivity index (χ0v) is 14.7. The fourth-order valence-electron chi connectivity index (χ4n) is 3.51. The van der Waals surface area contributed by atoms with Crippen LogP contribution in [0.25, 0.3) is 10.8 Å². The van der Waals surface area contributed by atoms with E-state index in [9.17, 15) is 14.9 Å². The summed E-state index contributed by atoms with van der Waals surface area (Å²) in [5.41, 5.74) is 1.49. The van der Waals surface area contributed by atoms with Gasteiger partial charge in [-0.3, -0.25) is 14.9 Å². The van der Waals surface area contributed by atoms with Crippen LogP contribution in [0.3, 0.4) is 0 Å². The number of hydrogen-bond acceptors (Lipinski definition) is 4. The minimum Gasteiger partial charge on any atom is -0.366 e. The van der Waals surface area contributed by atoms with E-state index in [0.29, 0.717) is 11.4 Å². The first-order chi connectivity index (χ1) is 13.1. The molecule has 4 rings (SSSR count). The lowest BCUT2D eigenvalue weighted by molar-refractivity contribution is -0.384. The van der Waals surface area contributed by atoms with Gasteiger partial charge in [-0.05, 0) is 47.9 Å². The average Bonchev–Trinajstić information content (AvgIpc) is 3.22. The molecule has 0 bridgehead atoms. The van der Waals surface area contributed by atoms with Gasteiger partial charge in [-0.15, -0.1) is 0 Å². The molecule has 1 saturated heterocycles. The molecule has 1 aliphatic heterocycles. The second-order valence-corrected chi connectivity index (χ2v) is 6.67. The maximum atomic E-state index is 12.6. The Hall–Kier alpha value is -3.41. The van der Waals surface area contributed by atoms with Crippen LogP contribution in [-0.4, -0.2) is 23.9 Å². The van der Waals surface area contributed by atoms with E-state index in [1.54, 1.807) is 12.1 Å². The van der Waals surface area contributed by atoms with Crippen molar-refractivity contribution in [2.75, 3.05) is 23.3 Å². The third-order valence-corrected chi connectivity index (χ3v) is 4.89. The molecule has 6 heteroatoms. The molecule has 0 saturated carbocycles. The summed E-state index contributed by atoms with van der Waals surface area (Å²) >= 11 is 0. The van der Waals surface area contributed by atoms with Crippen molar-refractivity contribution in [3.8, 4) is 0 Å². The lowest BCUT2D eigenvalue weighted by Gasteiger charge is -2.17. The molecule has 0 spiro atoms. The SMILES string of the molecule is O=C(Nc1ccc2ccccc2c1)c1ccc(N2CCCC2)c([N+](=O)[O-])c1. The largest absolute Gasteiger partial charge is 0.366 e. The molecule has 1 heterocycles. The molecule has 0 unspecified atom stereocenters. The van der Waals surface area contributed by atoms with Crippen LogP contribution >= 0.6 is 0 Å². The number of nitro groups is 1. The highest BCUT2D eigenvalue weighted by atomic mass is 16.6. The van der Waals surface area contributed by atoms with Crippen LogP contribution in [0.2, 0.25) is 0 Å². The van der Waals surface area contributed by atoms with Gasteiger partial charge in [-0.1, -0.05) is 30.3 Å². The Balaban J connectivity index is 1.60. The first-order valence-electron chi connectivity index (χ1n) is 8.95. The van der Waals surface area contributed by atoms with Crippen molar-refractivity contribution in [3.63, 3.8) is 0 Å². The number of nitrogens with one attached hydrogen (secondary N) is 1. The van der Waals surface area contributed by atoms with Crippen molar-refractivity contribution in [2.45, 2.75) is 12.8 Å². The first kappa shape index (κ1) is 17.0. The third kappa shape index (κ3) is 3.46. The highest BCUT2D eigenvalue weighted by Crippen LogP contribution is 2.32. The minimum absolute atomic E-state index is 0.0249. The number of nitro benzene ring substituents is 1. The number of amides is 1. The Morgan fingerprint density at radius 2 is 1.70 bits per heavy atom. The van der Waals surface area contributed by atoms with Gasteiger partial charge in [0, 0.05) is 30.4 Å². The van der Waals surface area contributed by atoms with Crippen molar-refractivity contribution in [2.24, 2.45) is 0 Å². The van der Waals surface area contributed by atoms with E-state index in [1.165, 1.54) is 6.07 Å². The van der Waals surface area contributed by atoms with Crippen LogP contribution in [0.15, 0.2) is 60.7 Å². The minimum atomic E-state index is -0.416. The number of carbonyl (C=O) groups is 1. The molecule has 1 aliphatic rings. The molecule has 27 heavy (non-hydrogen) atoms. The van der Waals surface area contributed by atoms with Gasteiger partial charge in [0.05, 0.1) is 4.92 Å². The maximum Gasteiger partial charge on any atom is 0.293 e.